The first-order valence-corrected chi connectivity index (χ1v) is 9.24. The van der Waals surface area contributed by atoms with Crippen LogP contribution in [0.5, 0.6) is 0 Å². The van der Waals surface area contributed by atoms with Gasteiger partial charge in [-0.3, -0.25) is 14.4 Å². The zero-order valence-electron chi connectivity index (χ0n) is 15.3. The van der Waals surface area contributed by atoms with Crippen molar-refractivity contribution in [1.29, 1.82) is 0 Å². The Kier molecular flexibility index (Phi) is 6.11. The quantitative estimate of drug-likeness (QED) is 0.458. The van der Waals surface area contributed by atoms with Crippen molar-refractivity contribution in [3.8, 4) is 0 Å². The van der Waals surface area contributed by atoms with E-state index >= 15 is 0 Å². The Morgan fingerprint density at radius 1 is 1.07 bits per heavy atom. The van der Waals surface area contributed by atoms with Crippen molar-refractivity contribution in [3.63, 3.8) is 0 Å². The molecule has 1 amide bonds. The molecule has 0 saturated carbocycles. The van der Waals surface area contributed by atoms with E-state index in [9.17, 15) is 14.4 Å². The molecule has 0 radical (unpaired) electrons. The minimum Gasteiger partial charge on any atom is -0.466 e. The van der Waals surface area contributed by atoms with Gasteiger partial charge in [-0.1, -0.05) is 41.9 Å². The third kappa shape index (κ3) is 4.40. The molecule has 0 aliphatic carbocycles. The van der Waals surface area contributed by atoms with Crippen LogP contribution in [0, 0.1) is 0 Å². The molecule has 0 aliphatic rings. The van der Waals surface area contributed by atoms with Crippen molar-refractivity contribution in [3.05, 3.63) is 64.8 Å². The molecule has 0 spiro atoms. The summed E-state index contributed by atoms with van der Waals surface area (Å²) in [5, 5.41) is 3.93. The second kappa shape index (κ2) is 8.71. The van der Waals surface area contributed by atoms with E-state index in [4.69, 9.17) is 16.3 Å². The minimum absolute atomic E-state index is 0.0319. The van der Waals surface area contributed by atoms with E-state index in [1.54, 1.807) is 49.4 Å². The molecule has 0 bridgehead atoms. The van der Waals surface area contributed by atoms with Crippen LogP contribution >= 0.6 is 11.6 Å². The van der Waals surface area contributed by atoms with Crippen LogP contribution in [0.1, 0.15) is 35.8 Å². The van der Waals surface area contributed by atoms with Gasteiger partial charge in [0.2, 0.25) is 11.7 Å². The third-order valence-electron chi connectivity index (χ3n) is 4.15. The smallest absolute Gasteiger partial charge is 0.306 e. The molecule has 144 valence electrons. The van der Waals surface area contributed by atoms with Crippen molar-refractivity contribution >= 4 is 45.9 Å². The van der Waals surface area contributed by atoms with E-state index in [0.29, 0.717) is 27.2 Å². The number of rotatable bonds is 7. The topological polar surface area (TPSA) is 88.3 Å². The predicted octanol–water partition coefficient (Wildman–Crippen LogP) is 4.33. The van der Waals surface area contributed by atoms with Crippen LogP contribution in [0.15, 0.2) is 48.5 Å². The van der Waals surface area contributed by atoms with Gasteiger partial charge in [0.25, 0.3) is 0 Å². The highest BCUT2D eigenvalue weighted by Crippen LogP contribution is 2.31. The number of aromatic amines is 1. The summed E-state index contributed by atoms with van der Waals surface area (Å²) in [6.45, 7) is 1.97. The fourth-order valence-electron chi connectivity index (χ4n) is 2.85. The number of carbonyl (C=O) groups excluding carboxylic acids is 3. The van der Waals surface area contributed by atoms with Gasteiger partial charge in [-0.2, -0.15) is 0 Å². The molecule has 3 aromatic rings. The minimum atomic E-state index is -0.441. The van der Waals surface area contributed by atoms with Crippen molar-refractivity contribution in [2.45, 2.75) is 19.8 Å². The first-order chi connectivity index (χ1) is 13.5. The van der Waals surface area contributed by atoms with Gasteiger partial charge in [0.15, 0.2) is 0 Å². The maximum atomic E-state index is 13.0. The highest BCUT2D eigenvalue weighted by Gasteiger charge is 2.21. The number of aromatic nitrogens is 1. The van der Waals surface area contributed by atoms with Crippen molar-refractivity contribution < 1.29 is 19.1 Å². The molecular formula is C21H19ClN2O4. The van der Waals surface area contributed by atoms with Gasteiger partial charge in [0.05, 0.1) is 18.7 Å². The van der Waals surface area contributed by atoms with Gasteiger partial charge < -0.3 is 15.0 Å². The lowest BCUT2D eigenvalue weighted by Gasteiger charge is -2.07. The molecule has 6 nitrogen and oxygen atoms in total. The van der Waals surface area contributed by atoms with Crippen molar-refractivity contribution in [1.82, 2.24) is 4.98 Å². The molecule has 7 heteroatoms. The molecular weight excluding hydrogens is 380 g/mol. The number of hydrogen-bond donors (Lipinski definition) is 2. The lowest BCUT2D eigenvalue weighted by molar-refractivity contribution is -0.144. The summed E-state index contributed by atoms with van der Waals surface area (Å²) in [4.78, 5) is 39.9. The first-order valence-electron chi connectivity index (χ1n) is 8.86. The van der Waals surface area contributed by atoms with E-state index in [2.05, 4.69) is 10.3 Å². The number of fused-ring (bicyclic) bond motifs is 1. The lowest BCUT2D eigenvalue weighted by Crippen LogP contribution is -2.16. The molecule has 3 rings (SSSR count). The zero-order chi connectivity index (χ0) is 20.1. The monoisotopic (exact) mass is 398 g/mol. The molecule has 0 saturated heterocycles. The van der Waals surface area contributed by atoms with E-state index in [-0.39, 0.29) is 36.8 Å². The molecule has 1 aromatic heterocycles. The first kappa shape index (κ1) is 19.6. The van der Waals surface area contributed by atoms with Crippen molar-refractivity contribution in [2.24, 2.45) is 0 Å². The number of esters is 1. The fourth-order valence-corrected chi connectivity index (χ4v) is 3.03. The van der Waals surface area contributed by atoms with E-state index in [0.717, 1.165) is 0 Å². The number of anilines is 1. The van der Waals surface area contributed by atoms with Gasteiger partial charge in [-0.25, -0.2) is 0 Å². The van der Waals surface area contributed by atoms with Gasteiger partial charge in [-0.05, 0) is 25.1 Å². The Labute approximate surface area is 166 Å². The van der Waals surface area contributed by atoms with Crippen LogP contribution in [0.2, 0.25) is 5.02 Å². The number of ether oxygens (including phenoxy) is 1. The number of benzene rings is 2. The normalized spacial score (nSPS) is 10.6. The maximum absolute atomic E-state index is 13.0. The van der Waals surface area contributed by atoms with Crippen LogP contribution in [-0.2, 0) is 14.3 Å². The summed E-state index contributed by atoms with van der Waals surface area (Å²) in [6, 6.07) is 13.9. The highest BCUT2D eigenvalue weighted by atomic mass is 35.5. The molecule has 0 unspecified atom stereocenters. The van der Waals surface area contributed by atoms with Crippen LogP contribution in [-0.4, -0.2) is 29.3 Å². The van der Waals surface area contributed by atoms with Crippen molar-refractivity contribution in [2.75, 3.05) is 11.9 Å². The maximum Gasteiger partial charge on any atom is 0.306 e. The van der Waals surface area contributed by atoms with Crippen LogP contribution in [0.25, 0.3) is 10.9 Å². The molecule has 0 atom stereocenters. The summed E-state index contributed by atoms with van der Waals surface area (Å²) in [5.41, 5.74) is 1.75. The molecule has 0 fully saturated rings. The van der Waals surface area contributed by atoms with Crippen LogP contribution in [0.3, 0.4) is 0 Å². The van der Waals surface area contributed by atoms with Crippen LogP contribution < -0.4 is 5.32 Å². The number of nitrogens with one attached hydrogen (secondary N) is 2. The van der Waals surface area contributed by atoms with E-state index in [1.807, 2.05) is 6.07 Å². The average Bonchev–Trinajstić information content (AvgIpc) is 3.04. The summed E-state index contributed by atoms with van der Waals surface area (Å²) >= 11 is 6.05. The van der Waals surface area contributed by atoms with E-state index < -0.39 is 5.97 Å². The second-order valence-electron chi connectivity index (χ2n) is 6.11. The Morgan fingerprint density at radius 2 is 1.82 bits per heavy atom. The average molecular weight is 399 g/mol. The van der Waals surface area contributed by atoms with Gasteiger partial charge >= 0.3 is 5.97 Å². The number of amides is 1. The largest absolute Gasteiger partial charge is 0.466 e. The predicted molar refractivity (Wildman–Crippen MR) is 108 cm³/mol. The second-order valence-corrected chi connectivity index (χ2v) is 6.55. The Bertz CT molecular complexity index is 1030. The number of halogens is 1. The number of hydrogen-bond acceptors (Lipinski definition) is 4. The number of ketones is 1. The molecule has 2 N–H and O–H groups in total. The third-order valence-corrected chi connectivity index (χ3v) is 4.38. The Morgan fingerprint density at radius 3 is 2.54 bits per heavy atom. The molecule has 2 aromatic carbocycles. The summed E-state index contributed by atoms with van der Waals surface area (Å²) in [5.74, 6) is -1.08. The zero-order valence-corrected chi connectivity index (χ0v) is 16.0. The summed E-state index contributed by atoms with van der Waals surface area (Å²) < 4.78 is 4.84. The molecule has 0 aliphatic heterocycles. The standard InChI is InChI=1S/C21H19ClN2O4/c1-2-28-18(26)11-10-17(25)24-19-15-9-8-14(22)12-16(15)23-20(19)21(27)13-6-4-3-5-7-13/h3-9,12,23H,2,10-11H2,1H3,(H,24,25). The highest BCUT2D eigenvalue weighted by molar-refractivity contribution is 6.31. The Hall–Kier alpha value is -3.12. The number of carbonyl (C=O) groups is 3. The van der Waals surface area contributed by atoms with E-state index in [1.165, 1.54) is 0 Å². The molecule has 1 heterocycles. The number of H-pyrrole nitrogens is 1. The molecule has 28 heavy (non-hydrogen) atoms. The summed E-state index contributed by atoms with van der Waals surface area (Å²) in [7, 11) is 0. The van der Waals surface area contributed by atoms with Gasteiger partial charge in [0, 0.05) is 27.9 Å². The van der Waals surface area contributed by atoms with Gasteiger partial charge in [-0.15, -0.1) is 0 Å². The fraction of sp³-hybridized carbons (Fsp3) is 0.190. The summed E-state index contributed by atoms with van der Waals surface area (Å²) in [6.07, 6.45) is -0.0755. The van der Waals surface area contributed by atoms with Crippen LogP contribution in [0.4, 0.5) is 5.69 Å². The lowest BCUT2D eigenvalue weighted by atomic mass is 10.1. The Balaban J connectivity index is 1.92. The van der Waals surface area contributed by atoms with Gasteiger partial charge in [0.1, 0.15) is 5.69 Å². The SMILES string of the molecule is CCOC(=O)CCC(=O)Nc1c(C(=O)c2ccccc2)[nH]c2cc(Cl)ccc12.